The molecule has 0 atom stereocenters. The molecule has 0 aliphatic rings. The fraction of sp³-hybridized carbons (Fsp3) is 0.143. The van der Waals surface area contributed by atoms with E-state index in [2.05, 4.69) is 4.98 Å². The predicted molar refractivity (Wildman–Crippen MR) is 53.6 cm³/mol. The second kappa shape index (κ2) is 4.79. The lowest BCUT2D eigenvalue weighted by Crippen LogP contribution is -2.07. The summed E-state index contributed by atoms with van der Waals surface area (Å²) in [5.74, 6) is -1.41. The van der Waals surface area contributed by atoms with E-state index in [-0.39, 0.29) is 0 Å². The standard InChI is InChI=1S/C7H2ClF2N3O4S/c8-18(16,17)4-1-3(2-11)12-7(13(14)15)5(4)6(9)10/h1,6H. The number of alkyl halides is 2. The van der Waals surface area contributed by atoms with Crippen molar-refractivity contribution >= 4 is 25.6 Å². The molecule has 0 fully saturated rings. The van der Waals surface area contributed by atoms with Crippen LogP contribution in [0.15, 0.2) is 11.0 Å². The van der Waals surface area contributed by atoms with Crippen LogP contribution in [0.2, 0.25) is 0 Å². The van der Waals surface area contributed by atoms with E-state index < -0.39 is 42.4 Å². The Bertz CT molecular complexity index is 655. The Morgan fingerprint density at radius 2 is 2.11 bits per heavy atom. The molecule has 0 aromatic carbocycles. The molecule has 0 unspecified atom stereocenters. The number of hydrogen-bond acceptors (Lipinski definition) is 6. The molecule has 1 aromatic rings. The van der Waals surface area contributed by atoms with Gasteiger partial charge in [-0.05, 0) is 9.91 Å². The SMILES string of the molecule is N#Cc1cc(S(=O)(=O)Cl)c(C(F)F)c([N+](=O)[O-])n1. The zero-order valence-electron chi connectivity index (χ0n) is 8.17. The molecule has 0 aliphatic carbocycles. The van der Waals surface area contributed by atoms with Gasteiger partial charge in [0.15, 0.2) is 0 Å². The Hall–Kier alpha value is -1.86. The first-order valence-electron chi connectivity index (χ1n) is 4.00. The van der Waals surface area contributed by atoms with Gasteiger partial charge in [0, 0.05) is 16.7 Å². The van der Waals surface area contributed by atoms with Crippen LogP contribution in [0.4, 0.5) is 14.6 Å². The maximum atomic E-state index is 12.7. The van der Waals surface area contributed by atoms with Crippen molar-refractivity contribution in [1.82, 2.24) is 4.98 Å². The minimum atomic E-state index is -4.67. The smallest absolute Gasteiger partial charge is 0.358 e. The lowest BCUT2D eigenvalue weighted by atomic mass is 10.2. The predicted octanol–water partition coefficient (Wildman–Crippen LogP) is 1.73. The van der Waals surface area contributed by atoms with E-state index in [1.807, 2.05) is 0 Å². The summed E-state index contributed by atoms with van der Waals surface area (Å²) in [4.78, 5) is 11.1. The first-order valence-corrected chi connectivity index (χ1v) is 6.31. The van der Waals surface area contributed by atoms with Gasteiger partial charge in [0.05, 0.1) is 0 Å². The maximum Gasteiger partial charge on any atom is 0.375 e. The van der Waals surface area contributed by atoms with Crippen LogP contribution in [0, 0.1) is 21.4 Å². The molecule has 18 heavy (non-hydrogen) atoms. The van der Waals surface area contributed by atoms with Crippen molar-refractivity contribution < 1.29 is 22.1 Å². The van der Waals surface area contributed by atoms with Gasteiger partial charge < -0.3 is 10.1 Å². The van der Waals surface area contributed by atoms with Crippen molar-refractivity contribution in [2.45, 2.75) is 11.3 Å². The molecule has 1 aromatic heterocycles. The fourth-order valence-corrected chi connectivity index (χ4v) is 2.20. The lowest BCUT2D eigenvalue weighted by Gasteiger charge is -2.05. The molecule has 0 radical (unpaired) electrons. The van der Waals surface area contributed by atoms with Gasteiger partial charge in [-0.1, -0.05) is 0 Å². The molecular formula is C7H2ClF2N3O4S. The zero-order chi connectivity index (χ0) is 14.1. The third kappa shape index (κ3) is 2.69. The van der Waals surface area contributed by atoms with Gasteiger partial charge in [0.25, 0.3) is 21.2 Å². The highest BCUT2D eigenvalue weighted by Crippen LogP contribution is 2.35. The average Bonchev–Trinajstić information content (AvgIpc) is 2.25. The van der Waals surface area contributed by atoms with Crippen LogP contribution in [-0.4, -0.2) is 18.3 Å². The summed E-state index contributed by atoms with van der Waals surface area (Å²) >= 11 is 0. The summed E-state index contributed by atoms with van der Waals surface area (Å²) in [5, 5.41) is 19.0. The van der Waals surface area contributed by atoms with Gasteiger partial charge in [-0.25, -0.2) is 17.2 Å². The van der Waals surface area contributed by atoms with Gasteiger partial charge in [-0.15, -0.1) is 0 Å². The number of hydrogen-bond donors (Lipinski definition) is 0. The summed E-state index contributed by atoms with van der Waals surface area (Å²) < 4.78 is 47.5. The van der Waals surface area contributed by atoms with E-state index in [4.69, 9.17) is 15.9 Å². The monoisotopic (exact) mass is 297 g/mol. The molecule has 0 bridgehead atoms. The van der Waals surface area contributed by atoms with Crippen LogP contribution in [0.3, 0.4) is 0 Å². The molecule has 0 saturated heterocycles. The van der Waals surface area contributed by atoms with Crippen molar-refractivity contribution in [2.75, 3.05) is 0 Å². The molecular weight excluding hydrogens is 296 g/mol. The highest BCUT2D eigenvalue weighted by Gasteiger charge is 2.34. The second-order valence-corrected chi connectivity index (χ2v) is 5.38. The van der Waals surface area contributed by atoms with Crippen molar-refractivity contribution in [3.8, 4) is 6.07 Å². The van der Waals surface area contributed by atoms with Crippen molar-refractivity contribution in [2.24, 2.45) is 0 Å². The summed E-state index contributed by atoms with van der Waals surface area (Å²) in [6.07, 6.45) is -3.48. The Balaban J connectivity index is 3.85. The van der Waals surface area contributed by atoms with Gasteiger partial charge in [0.2, 0.25) is 0 Å². The number of nitro groups is 1. The van der Waals surface area contributed by atoms with Gasteiger partial charge in [0.1, 0.15) is 16.5 Å². The van der Waals surface area contributed by atoms with E-state index in [1.54, 1.807) is 0 Å². The third-order valence-electron chi connectivity index (χ3n) is 1.77. The molecule has 96 valence electrons. The van der Waals surface area contributed by atoms with E-state index >= 15 is 0 Å². The highest BCUT2D eigenvalue weighted by molar-refractivity contribution is 8.13. The second-order valence-electron chi connectivity index (χ2n) is 2.85. The Morgan fingerprint density at radius 1 is 1.56 bits per heavy atom. The highest BCUT2D eigenvalue weighted by atomic mass is 35.7. The van der Waals surface area contributed by atoms with Gasteiger partial charge >= 0.3 is 5.82 Å². The normalized spacial score (nSPS) is 11.3. The molecule has 7 nitrogen and oxygen atoms in total. The largest absolute Gasteiger partial charge is 0.375 e. The first kappa shape index (κ1) is 14.2. The maximum absolute atomic E-state index is 12.7. The molecule has 0 amide bonds. The molecule has 0 spiro atoms. The van der Waals surface area contributed by atoms with Crippen LogP contribution in [0.25, 0.3) is 0 Å². The zero-order valence-corrected chi connectivity index (χ0v) is 9.74. The Kier molecular flexibility index (Phi) is 3.78. The van der Waals surface area contributed by atoms with Crippen LogP contribution in [0.5, 0.6) is 0 Å². The summed E-state index contributed by atoms with van der Waals surface area (Å²) in [6.45, 7) is 0. The fourth-order valence-electron chi connectivity index (χ4n) is 1.12. The molecule has 0 N–H and O–H groups in total. The number of nitrogens with zero attached hydrogens (tertiary/aromatic N) is 3. The molecule has 1 rings (SSSR count). The summed E-state index contributed by atoms with van der Waals surface area (Å²) in [7, 11) is 0.222. The summed E-state index contributed by atoms with van der Waals surface area (Å²) in [6, 6.07) is 1.77. The average molecular weight is 298 g/mol. The van der Waals surface area contributed by atoms with E-state index in [0.717, 1.165) is 0 Å². The van der Waals surface area contributed by atoms with E-state index in [0.29, 0.717) is 6.07 Å². The van der Waals surface area contributed by atoms with Gasteiger partial charge in [-0.3, -0.25) is 0 Å². The van der Waals surface area contributed by atoms with E-state index in [9.17, 15) is 27.3 Å². The lowest BCUT2D eigenvalue weighted by molar-refractivity contribution is -0.391. The topological polar surface area (TPSA) is 114 Å². The van der Waals surface area contributed by atoms with Crippen LogP contribution < -0.4 is 0 Å². The number of nitriles is 1. The molecule has 11 heteroatoms. The van der Waals surface area contributed by atoms with Crippen LogP contribution in [-0.2, 0) is 9.05 Å². The van der Waals surface area contributed by atoms with Crippen molar-refractivity contribution in [3.63, 3.8) is 0 Å². The first-order chi connectivity index (χ1) is 8.18. The minimum absolute atomic E-state index is 0.455. The summed E-state index contributed by atoms with van der Waals surface area (Å²) in [5.41, 5.74) is -2.14. The van der Waals surface area contributed by atoms with Crippen molar-refractivity contribution in [3.05, 3.63) is 27.4 Å². The van der Waals surface area contributed by atoms with E-state index in [1.165, 1.54) is 6.07 Å². The number of aromatic nitrogens is 1. The molecule has 0 aliphatic heterocycles. The molecule has 1 heterocycles. The van der Waals surface area contributed by atoms with Gasteiger partial charge in [-0.2, -0.15) is 5.26 Å². The van der Waals surface area contributed by atoms with Crippen LogP contribution >= 0.6 is 10.7 Å². The number of halogens is 3. The Morgan fingerprint density at radius 3 is 2.44 bits per heavy atom. The van der Waals surface area contributed by atoms with Crippen LogP contribution in [0.1, 0.15) is 17.7 Å². The number of pyridine rings is 1. The molecule has 0 saturated carbocycles. The minimum Gasteiger partial charge on any atom is -0.358 e. The quantitative estimate of drug-likeness (QED) is 0.477. The number of rotatable bonds is 3. The van der Waals surface area contributed by atoms with Crippen molar-refractivity contribution in [1.29, 1.82) is 5.26 Å². The third-order valence-corrected chi connectivity index (χ3v) is 3.13. The Labute approximate surface area is 103 Å².